The highest BCUT2D eigenvalue weighted by molar-refractivity contribution is 5.81. The van der Waals surface area contributed by atoms with Crippen molar-refractivity contribution >= 4 is 10.9 Å². The van der Waals surface area contributed by atoms with Crippen LogP contribution in [0.4, 0.5) is 0 Å². The van der Waals surface area contributed by atoms with Gasteiger partial charge in [-0.2, -0.15) is 5.26 Å². The summed E-state index contributed by atoms with van der Waals surface area (Å²) in [4.78, 5) is 0. The third-order valence-corrected chi connectivity index (χ3v) is 1.94. The maximum Gasteiger partial charge on any atom is 0.265 e. The van der Waals surface area contributed by atoms with Crippen LogP contribution in [0.1, 0.15) is 5.56 Å². The second-order valence-corrected chi connectivity index (χ2v) is 2.70. The van der Waals surface area contributed by atoms with Gasteiger partial charge in [0.05, 0.1) is 10.9 Å². The Bertz CT molecular complexity index is 500. The van der Waals surface area contributed by atoms with Crippen molar-refractivity contribution < 1.29 is 9.94 Å². The van der Waals surface area contributed by atoms with Crippen molar-refractivity contribution in [1.82, 2.24) is 0 Å². The highest BCUT2D eigenvalue weighted by Gasteiger charge is 2.08. The molecule has 0 spiro atoms. The molecule has 0 saturated carbocycles. The molecule has 0 bridgehead atoms. The lowest BCUT2D eigenvalue weighted by Crippen LogP contribution is -2.29. The molecule has 1 N–H and O–H groups in total. The second kappa shape index (κ2) is 2.76. The second-order valence-electron chi connectivity index (χ2n) is 2.70. The highest BCUT2D eigenvalue weighted by Crippen LogP contribution is 2.13. The molecule has 62 valence electrons. The fraction of sp³-hybridized carbons (Fsp3) is 0. The van der Waals surface area contributed by atoms with Crippen molar-refractivity contribution in [3.8, 4) is 6.07 Å². The zero-order valence-electron chi connectivity index (χ0n) is 6.81. The van der Waals surface area contributed by atoms with Crippen LogP contribution < -0.4 is 4.73 Å². The van der Waals surface area contributed by atoms with E-state index in [9.17, 15) is 5.21 Å². The van der Waals surface area contributed by atoms with E-state index < -0.39 is 0 Å². The number of nitriles is 1. The Labute approximate surface area is 75.0 Å². The van der Waals surface area contributed by atoms with Gasteiger partial charge in [0.2, 0.25) is 6.20 Å². The monoisotopic (exact) mass is 171 g/mol. The molecule has 1 heterocycles. The molecule has 0 radical (unpaired) electrons. The number of nitrogens with zero attached hydrogens (tertiary/aromatic N) is 2. The first-order valence-electron chi connectivity index (χ1n) is 3.85. The van der Waals surface area contributed by atoms with E-state index >= 15 is 0 Å². The van der Waals surface area contributed by atoms with Crippen molar-refractivity contribution in [2.24, 2.45) is 0 Å². The highest BCUT2D eigenvalue weighted by atomic mass is 16.5. The van der Waals surface area contributed by atoms with E-state index in [0.29, 0.717) is 11.1 Å². The van der Waals surface area contributed by atoms with Crippen molar-refractivity contribution in [3.05, 3.63) is 42.1 Å². The fourth-order valence-corrected chi connectivity index (χ4v) is 1.33. The molecule has 2 aromatic rings. The van der Waals surface area contributed by atoms with Crippen LogP contribution in [0.15, 0.2) is 36.5 Å². The molecular formula is C10H7N2O+. The van der Waals surface area contributed by atoms with Gasteiger partial charge >= 0.3 is 0 Å². The van der Waals surface area contributed by atoms with Gasteiger partial charge < -0.3 is 0 Å². The van der Waals surface area contributed by atoms with Crippen molar-refractivity contribution in [2.45, 2.75) is 0 Å². The van der Waals surface area contributed by atoms with Gasteiger partial charge in [-0.25, -0.2) is 0 Å². The Kier molecular flexibility index (Phi) is 1.60. The van der Waals surface area contributed by atoms with E-state index in [0.717, 1.165) is 10.1 Å². The van der Waals surface area contributed by atoms with E-state index in [-0.39, 0.29) is 0 Å². The fourth-order valence-electron chi connectivity index (χ4n) is 1.33. The Balaban J connectivity index is 2.94. The van der Waals surface area contributed by atoms with E-state index in [4.69, 9.17) is 5.26 Å². The number of aromatic nitrogens is 1. The van der Waals surface area contributed by atoms with E-state index in [2.05, 4.69) is 6.07 Å². The van der Waals surface area contributed by atoms with Crippen molar-refractivity contribution in [3.63, 3.8) is 0 Å². The minimum absolute atomic E-state index is 0.570. The van der Waals surface area contributed by atoms with Crippen molar-refractivity contribution in [2.75, 3.05) is 0 Å². The van der Waals surface area contributed by atoms with Gasteiger partial charge in [-0.3, -0.25) is 5.21 Å². The molecule has 13 heavy (non-hydrogen) atoms. The van der Waals surface area contributed by atoms with Gasteiger partial charge in [0.25, 0.3) is 5.52 Å². The lowest BCUT2D eigenvalue weighted by atomic mass is 10.1. The third-order valence-electron chi connectivity index (χ3n) is 1.94. The van der Waals surface area contributed by atoms with Crippen LogP contribution in [0.25, 0.3) is 10.9 Å². The number of hydrogen-bond acceptors (Lipinski definition) is 2. The summed E-state index contributed by atoms with van der Waals surface area (Å²) in [7, 11) is 0. The molecule has 3 heteroatoms. The molecule has 0 saturated heterocycles. The SMILES string of the molecule is N#Cc1cccc2c1ccc[n+]2O. The first-order chi connectivity index (χ1) is 6.33. The summed E-state index contributed by atoms with van der Waals surface area (Å²) >= 11 is 0. The summed E-state index contributed by atoms with van der Waals surface area (Å²) in [6.45, 7) is 0. The molecule has 0 fully saturated rings. The Morgan fingerprint density at radius 2 is 2.08 bits per heavy atom. The van der Waals surface area contributed by atoms with Gasteiger partial charge in [0.1, 0.15) is 6.07 Å². The molecular weight excluding hydrogens is 164 g/mol. The Morgan fingerprint density at radius 1 is 1.23 bits per heavy atom. The topological polar surface area (TPSA) is 47.9 Å². The van der Waals surface area contributed by atoms with Crippen LogP contribution in [0.2, 0.25) is 0 Å². The predicted molar refractivity (Wildman–Crippen MR) is 46.0 cm³/mol. The zero-order valence-corrected chi connectivity index (χ0v) is 6.81. The first-order valence-corrected chi connectivity index (χ1v) is 3.85. The minimum Gasteiger partial charge on any atom is -0.285 e. The van der Waals surface area contributed by atoms with E-state index in [1.54, 1.807) is 30.3 Å². The number of benzene rings is 1. The number of pyridine rings is 1. The normalized spacial score (nSPS) is 9.77. The largest absolute Gasteiger partial charge is 0.285 e. The van der Waals surface area contributed by atoms with Gasteiger partial charge in [-0.05, 0) is 12.1 Å². The summed E-state index contributed by atoms with van der Waals surface area (Å²) in [6, 6.07) is 10.8. The van der Waals surface area contributed by atoms with Gasteiger partial charge in [0, 0.05) is 16.9 Å². The lowest BCUT2D eigenvalue weighted by molar-refractivity contribution is -0.884. The van der Waals surface area contributed by atoms with Crippen LogP contribution in [-0.2, 0) is 0 Å². The van der Waals surface area contributed by atoms with Gasteiger partial charge in [0.15, 0.2) is 0 Å². The van der Waals surface area contributed by atoms with Crippen molar-refractivity contribution in [1.29, 1.82) is 5.26 Å². The third kappa shape index (κ3) is 1.09. The first kappa shape index (κ1) is 7.56. The Morgan fingerprint density at radius 3 is 2.85 bits per heavy atom. The molecule has 0 aliphatic rings. The summed E-state index contributed by atoms with van der Waals surface area (Å²) in [5.41, 5.74) is 1.21. The summed E-state index contributed by atoms with van der Waals surface area (Å²) in [5.74, 6) is 0. The maximum absolute atomic E-state index is 9.40. The maximum atomic E-state index is 9.40. The molecule has 1 aromatic carbocycles. The molecule has 2 rings (SSSR count). The van der Waals surface area contributed by atoms with E-state index in [1.165, 1.54) is 6.20 Å². The molecule has 0 unspecified atom stereocenters. The van der Waals surface area contributed by atoms with Crippen LogP contribution >= 0.6 is 0 Å². The zero-order chi connectivity index (χ0) is 9.26. The quantitative estimate of drug-likeness (QED) is 0.478. The van der Waals surface area contributed by atoms with Crippen LogP contribution in [0, 0.1) is 11.3 Å². The predicted octanol–water partition coefficient (Wildman–Crippen LogP) is 1.24. The number of fused-ring (bicyclic) bond motifs is 1. The standard InChI is InChI=1S/C10H7N2O/c11-7-8-3-1-5-10-9(8)4-2-6-12(10)13/h1-6,13H/q+1. The van der Waals surface area contributed by atoms with Gasteiger partial charge in [-0.15, -0.1) is 0 Å². The smallest absolute Gasteiger partial charge is 0.265 e. The summed E-state index contributed by atoms with van der Waals surface area (Å²) in [5, 5.41) is 18.9. The average Bonchev–Trinajstić information content (AvgIpc) is 2.18. The molecule has 0 aliphatic carbocycles. The summed E-state index contributed by atoms with van der Waals surface area (Å²) < 4.78 is 1.01. The molecule has 0 amide bonds. The lowest BCUT2D eigenvalue weighted by Gasteiger charge is -1.94. The molecule has 0 aliphatic heterocycles. The molecule has 3 nitrogen and oxygen atoms in total. The van der Waals surface area contributed by atoms with Crippen LogP contribution in [-0.4, -0.2) is 5.21 Å². The summed E-state index contributed by atoms with van der Waals surface area (Å²) in [6.07, 6.45) is 1.53. The molecule has 1 aromatic heterocycles. The number of hydrogen-bond donors (Lipinski definition) is 1. The van der Waals surface area contributed by atoms with E-state index in [1.807, 2.05) is 0 Å². The molecule has 0 atom stereocenters. The minimum atomic E-state index is 0.570. The number of rotatable bonds is 0. The van der Waals surface area contributed by atoms with Crippen LogP contribution in [0.5, 0.6) is 0 Å². The average molecular weight is 171 g/mol. The van der Waals surface area contributed by atoms with Crippen LogP contribution in [0.3, 0.4) is 0 Å². The van der Waals surface area contributed by atoms with Gasteiger partial charge in [-0.1, -0.05) is 6.07 Å². The Hall–Kier alpha value is -2.08.